The van der Waals surface area contributed by atoms with E-state index in [4.69, 9.17) is 23.2 Å². The number of benzene rings is 1. The Labute approximate surface area is 242 Å². The smallest absolute Gasteiger partial charge is 0.267 e. The third kappa shape index (κ3) is 5.12. The number of halogens is 7. The molecular formula is C25H16Cl2F5N10+. The molecule has 0 fully saturated rings. The lowest BCUT2D eigenvalue weighted by molar-refractivity contribution is -0.659. The molecule has 17 heteroatoms. The highest BCUT2D eigenvalue weighted by Gasteiger charge is 2.25. The molecule has 6 aromatic rings. The minimum absolute atomic E-state index is 0.00719. The van der Waals surface area contributed by atoms with Crippen molar-refractivity contribution >= 4 is 23.2 Å². The van der Waals surface area contributed by atoms with Crippen LogP contribution in [0.25, 0.3) is 28.1 Å². The summed E-state index contributed by atoms with van der Waals surface area (Å²) < 4.78 is 74.6. The number of rotatable bonds is 8. The zero-order chi connectivity index (χ0) is 29.5. The predicted octanol–water partition coefficient (Wildman–Crippen LogP) is 5.41. The maximum atomic E-state index is 15.3. The Balaban J connectivity index is 1.41. The highest BCUT2D eigenvalue weighted by Crippen LogP contribution is 2.33. The third-order valence-corrected chi connectivity index (χ3v) is 6.81. The molecule has 10 nitrogen and oxygen atoms in total. The Morgan fingerprint density at radius 1 is 0.905 bits per heavy atom. The van der Waals surface area contributed by atoms with Crippen molar-refractivity contribution < 1.29 is 26.6 Å². The number of hydrogen-bond donors (Lipinski definition) is 1. The van der Waals surface area contributed by atoms with Crippen LogP contribution >= 0.6 is 23.2 Å². The van der Waals surface area contributed by atoms with E-state index in [0.29, 0.717) is 23.1 Å². The molecule has 0 aliphatic rings. The van der Waals surface area contributed by atoms with Crippen molar-refractivity contribution in [2.75, 3.05) is 0 Å². The van der Waals surface area contributed by atoms with E-state index in [-0.39, 0.29) is 32.5 Å². The second-order valence-corrected chi connectivity index (χ2v) is 9.72. The topological polar surface area (TPSA) is 98.9 Å². The van der Waals surface area contributed by atoms with Crippen LogP contribution in [0.3, 0.4) is 0 Å². The lowest BCUT2D eigenvalue weighted by atomic mass is 10.0. The number of nitrogens with one attached hydrogen (secondary N) is 1. The van der Waals surface area contributed by atoms with Crippen LogP contribution in [-0.4, -0.2) is 44.6 Å². The van der Waals surface area contributed by atoms with Gasteiger partial charge in [-0.15, -0.1) is 4.68 Å². The van der Waals surface area contributed by atoms with E-state index >= 15 is 4.39 Å². The van der Waals surface area contributed by atoms with E-state index in [1.165, 1.54) is 44.9 Å². The molecule has 0 unspecified atom stereocenters. The quantitative estimate of drug-likeness (QED) is 0.181. The highest BCUT2D eigenvalue weighted by atomic mass is 35.5. The van der Waals surface area contributed by atoms with Gasteiger partial charge in [0.25, 0.3) is 0 Å². The van der Waals surface area contributed by atoms with E-state index in [1.807, 2.05) is 0 Å². The molecule has 214 valence electrons. The van der Waals surface area contributed by atoms with Crippen molar-refractivity contribution in [2.45, 2.75) is 19.1 Å². The predicted molar refractivity (Wildman–Crippen MR) is 138 cm³/mol. The van der Waals surface area contributed by atoms with Gasteiger partial charge < -0.3 is 0 Å². The fourth-order valence-electron chi connectivity index (χ4n) is 4.47. The summed E-state index contributed by atoms with van der Waals surface area (Å²) in [6, 6.07) is 5.36. The maximum Gasteiger partial charge on any atom is 0.333 e. The Kier molecular flexibility index (Phi) is 7.20. The first-order valence-corrected chi connectivity index (χ1v) is 12.8. The SMILES string of the molecule is Fc1cnn(C[C@@H](c2ccc(-c3c(-[n+]4cc(Cl)n[nH]4)ccc(Cl)c3F)cn2)n2cc(-c3c(F)cnn3C(F)F)cn2)c1. The Hall–Kier alpha value is -4.63. The van der Waals surface area contributed by atoms with Gasteiger partial charge >= 0.3 is 11.7 Å². The first-order chi connectivity index (χ1) is 20.2. The average molecular weight is 622 g/mol. The Morgan fingerprint density at radius 2 is 1.74 bits per heavy atom. The second kappa shape index (κ2) is 11.0. The average Bonchev–Trinajstić information content (AvgIpc) is 3.77. The van der Waals surface area contributed by atoms with Gasteiger partial charge in [-0.2, -0.15) is 24.1 Å². The third-order valence-electron chi connectivity index (χ3n) is 6.34. The second-order valence-electron chi connectivity index (χ2n) is 8.93. The van der Waals surface area contributed by atoms with Crippen LogP contribution in [0.15, 0.2) is 67.6 Å². The van der Waals surface area contributed by atoms with Crippen molar-refractivity contribution in [3.63, 3.8) is 0 Å². The van der Waals surface area contributed by atoms with E-state index in [9.17, 15) is 17.6 Å². The molecule has 0 saturated carbocycles. The molecule has 0 saturated heterocycles. The molecular weight excluding hydrogens is 606 g/mol. The van der Waals surface area contributed by atoms with Gasteiger partial charge in [0.15, 0.2) is 29.3 Å². The number of H-pyrrole nitrogens is 1. The van der Waals surface area contributed by atoms with Crippen molar-refractivity contribution in [1.29, 1.82) is 0 Å². The molecule has 0 spiro atoms. The highest BCUT2D eigenvalue weighted by molar-refractivity contribution is 6.31. The van der Waals surface area contributed by atoms with Crippen LogP contribution in [0.4, 0.5) is 22.0 Å². The van der Waals surface area contributed by atoms with Crippen LogP contribution in [0.2, 0.25) is 10.2 Å². The summed E-state index contributed by atoms with van der Waals surface area (Å²) in [7, 11) is 0. The first-order valence-electron chi connectivity index (χ1n) is 12.0. The zero-order valence-corrected chi connectivity index (χ0v) is 22.4. The minimum atomic E-state index is -3.09. The molecule has 0 aliphatic heterocycles. The van der Waals surface area contributed by atoms with Gasteiger partial charge in [-0.25, -0.2) is 17.9 Å². The summed E-state index contributed by atoms with van der Waals surface area (Å²) in [5, 5.41) is 18.1. The first kappa shape index (κ1) is 27.5. The molecule has 1 aromatic carbocycles. The van der Waals surface area contributed by atoms with E-state index in [2.05, 4.69) is 30.6 Å². The molecule has 5 heterocycles. The molecule has 42 heavy (non-hydrogen) atoms. The van der Waals surface area contributed by atoms with Gasteiger partial charge in [-0.1, -0.05) is 22.9 Å². The van der Waals surface area contributed by atoms with Crippen molar-refractivity contribution in [1.82, 2.24) is 44.6 Å². The van der Waals surface area contributed by atoms with Gasteiger partial charge in [-0.3, -0.25) is 14.3 Å². The summed E-state index contributed by atoms with van der Waals surface area (Å²) in [6.07, 6.45) is 8.24. The van der Waals surface area contributed by atoms with Gasteiger partial charge in [-0.05, 0) is 29.8 Å². The summed E-state index contributed by atoms with van der Waals surface area (Å²) in [4.78, 5) is 4.50. The van der Waals surface area contributed by atoms with Crippen LogP contribution in [0, 0.1) is 17.5 Å². The zero-order valence-electron chi connectivity index (χ0n) is 20.9. The molecule has 0 radical (unpaired) electrons. The van der Waals surface area contributed by atoms with E-state index in [0.717, 1.165) is 12.4 Å². The minimum Gasteiger partial charge on any atom is -0.267 e. The molecule has 6 rings (SSSR count). The molecule has 1 N–H and O–H groups in total. The monoisotopic (exact) mass is 621 g/mol. The normalized spacial score (nSPS) is 12.4. The summed E-state index contributed by atoms with van der Waals surface area (Å²) in [5.41, 5.74) is 0.745. The largest absolute Gasteiger partial charge is 0.333 e. The number of alkyl halides is 2. The van der Waals surface area contributed by atoms with Crippen LogP contribution in [0.5, 0.6) is 0 Å². The fourth-order valence-corrected chi connectivity index (χ4v) is 4.77. The summed E-state index contributed by atoms with van der Waals surface area (Å²) in [5.74, 6) is -2.25. The van der Waals surface area contributed by atoms with Gasteiger partial charge in [0.2, 0.25) is 0 Å². The Morgan fingerprint density at radius 3 is 2.40 bits per heavy atom. The van der Waals surface area contributed by atoms with Crippen molar-refractivity contribution in [2.24, 2.45) is 0 Å². The summed E-state index contributed by atoms with van der Waals surface area (Å²) >= 11 is 12.0. The lowest BCUT2D eigenvalue weighted by Gasteiger charge is -2.18. The van der Waals surface area contributed by atoms with E-state index < -0.39 is 35.7 Å². The van der Waals surface area contributed by atoms with Crippen molar-refractivity contribution in [3.05, 3.63) is 101 Å². The summed E-state index contributed by atoms with van der Waals surface area (Å²) in [6.45, 7) is -3.08. The molecule has 0 bridgehead atoms. The van der Waals surface area contributed by atoms with Crippen LogP contribution < -0.4 is 4.68 Å². The number of nitrogens with zero attached hydrogens (tertiary/aromatic N) is 9. The number of aromatic nitrogens is 10. The number of hydrogen-bond acceptors (Lipinski definition) is 5. The van der Waals surface area contributed by atoms with Crippen LogP contribution in [0.1, 0.15) is 18.3 Å². The standard InChI is InChI=1S/C25H15Cl2F5N10/c26-16-2-4-19(41-12-21(27)37-38-41)22(23(16)30)13-1-3-18(33-5-13)20(11-39-10-15(28)7-34-39)40-9-14(6-35-40)24-17(29)8-36-42(24)25(31)32/h1-10,12,20,25H,11H2/p+1/t20-/m0/s1. The van der Waals surface area contributed by atoms with Crippen LogP contribution in [-0.2, 0) is 6.54 Å². The molecule has 5 aromatic heterocycles. The Bertz CT molecular complexity index is 1880. The van der Waals surface area contributed by atoms with E-state index in [1.54, 1.807) is 18.2 Å². The maximum absolute atomic E-state index is 15.3. The van der Waals surface area contributed by atoms with Gasteiger partial charge in [0.05, 0.1) is 52.7 Å². The fraction of sp³-hybridized carbons (Fsp3) is 0.120. The molecule has 0 amide bonds. The lowest BCUT2D eigenvalue weighted by Crippen LogP contribution is -2.33. The molecule has 1 atom stereocenters. The molecule has 0 aliphatic carbocycles. The van der Waals surface area contributed by atoms with Crippen molar-refractivity contribution in [3.8, 4) is 28.1 Å². The number of pyridine rings is 1. The van der Waals surface area contributed by atoms with Gasteiger partial charge in [0.1, 0.15) is 11.7 Å². The number of aromatic amines is 1. The van der Waals surface area contributed by atoms with Gasteiger partial charge in [0, 0.05) is 23.5 Å².